The second-order valence-corrected chi connectivity index (χ2v) is 18.4. The SMILES string of the molecule is C=C1/C=C(c2cc3c4c(c2)Cc2ccccc2B4c2ccccc2C3)\C=C/CN(c2ccccc2)c2c1c1c(c3ccccc3n1-c1ccccc1)c1c2c2ccccc2n1-c1ccccc1. The van der Waals surface area contributed by atoms with Crippen LogP contribution in [-0.4, -0.2) is 22.4 Å². The molecule has 0 saturated heterocycles. The highest BCUT2D eigenvalue weighted by molar-refractivity contribution is 6.97. The van der Waals surface area contributed by atoms with Crippen LogP contribution >= 0.6 is 0 Å². The third-order valence-corrected chi connectivity index (χ3v) is 14.8. The molecule has 0 N–H and O–H groups in total. The summed E-state index contributed by atoms with van der Waals surface area (Å²) in [5.41, 5.74) is 23.8. The van der Waals surface area contributed by atoms with Crippen LogP contribution in [0.4, 0.5) is 11.4 Å². The summed E-state index contributed by atoms with van der Waals surface area (Å²) >= 11 is 0. The number of fused-ring (bicyclic) bond motifs is 14. The highest BCUT2D eigenvalue weighted by atomic mass is 15.1. The summed E-state index contributed by atoms with van der Waals surface area (Å²) < 4.78 is 5.01. The molecule has 5 heterocycles. The normalized spacial score (nSPS) is 15.3. The highest BCUT2D eigenvalue weighted by Crippen LogP contribution is 2.52. The number of hydrogen-bond donors (Lipinski definition) is 0. The Morgan fingerprint density at radius 1 is 0.463 bits per heavy atom. The van der Waals surface area contributed by atoms with Gasteiger partial charge in [0.05, 0.1) is 27.8 Å². The van der Waals surface area contributed by atoms with Gasteiger partial charge in [-0.05, 0) is 106 Å². The molecule has 0 fully saturated rings. The van der Waals surface area contributed by atoms with E-state index in [1.165, 1.54) is 82.4 Å². The molecule has 3 aliphatic heterocycles. The van der Waals surface area contributed by atoms with E-state index < -0.39 is 0 Å². The second-order valence-electron chi connectivity index (χ2n) is 18.4. The maximum absolute atomic E-state index is 5.17. The summed E-state index contributed by atoms with van der Waals surface area (Å²) in [4.78, 5) is 2.54. The average molecular weight is 854 g/mol. The van der Waals surface area contributed by atoms with Crippen LogP contribution in [0, 0.1) is 0 Å². The number of benzene rings is 9. The zero-order valence-corrected chi connectivity index (χ0v) is 37.0. The summed E-state index contributed by atoms with van der Waals surface area (Å²) in [6.07, 6.45) is 8.97. The van der Waals surface area contributed by atoms with Gasteiger partial charge in [-0.2, -0.15) is 0 Å². The predicted molar refractivity (Wildman–Crippen MR) is 284 cm³/mol. The van der Waals surface area contributed by atoms with Crippen LogP contribution in [0.3, 0.4) is 0 Å². The Balaban J connectivity index is 1.11. The van der Waals surface area contributed by atoms with Crippen molar-refractivity contribution in [2.75, 3.05) is 11.4 Å². The smallest absolute Gasteiger partial charge is 0.242 e. The number of allylic oxidation sites excluding steroid dienone is 4. The number of anilines is 2. The first kappa shape index (κ1) is 38.0. The molecule has 4 heteroatoms. The first-order valence-electron chi connectivity index (χ1n) is 23.5. The average Bonchev–Trinajstić information content (AvgIpc) is 3.92. The first-order chi connectivity index (χ1) is 33.2. The van der Waals surface area contributed by atoms with Crippen LogP contribution in [0.1, 0.15) is 33.4 Å². The van der Waals surface area contributed by atoms with E-state index in [4.69, 9.17) is 6.58 Å². The zero-order valence-electron chi connectivity index (χ0n) is 37.0. The topological polar surface area (TPSA) is 13.1 Å². The molecule has 67 heavy (non-hydrogen) atoms. The number of para-hydroxylation sites is 5. The van der Waals surface area contributed by atoms with Gasteiger partial charge in [-0.15, -0.1) is 0 Å². The number of rotatable bonds is 4. The maximum Gasteiger partial charge on any atom is 0.242 e. The van der Waals surface area contributed by atoms with Crippen LogP contribution in [0.2, 0.25) is 0 Å². The molecule has 0 unspecified atom stereocenters. The van der Waals surface area contributed by atoms with Gasteiger partial charge in [-0.3, -0.25) is 0 Å². The molecule has 14 rings (SSSR count). The van der Waals surface area contributed by atoms with Gasteiger partial charge in [0.25, 0.3) is 0 Å². The summed E-state index contributed by atoms with van der Waals surface area (Å²) in [6.45, 7) is 6.06. The Morgan fingerprint density at radius 3 is 1.55 bits per heavy atom. The van der Waals surface area contributed by atoms with Gasteiger partial charge >= 0.3 is 0 Å². The van der Waals surface area contributed by atoms with Crippen LogP contribution in [-0.2, 0) is 12.8 Å². The molecule has 0 amide bonds. The zero-order chi connectivity index (χ0) is 44.2. The molecule has 9 aromatic carbocycles. The lowest BCUT2D eigenvalue weighted by molar-refractivity contribution is 1.10. The third-order valence-electron chi connectivity index (χ3n) is 14.8. The molecule has 0 atom stereocenters. The quantitative estimate of drug-likeness (QED) is 0.161. The standard InChI is InChI=1S/C63H44BN3/c1-41-36-42(45-39-46-37-43-20-11-15-31-53(43)64-54-32-16-12-21-44(54)38-47(40-45)60(46)64)22-19-35-65(48-23-5-2-6-24-48)61-57(41)62-59(52-30-14-18-34-56(52)66(62)49-25-7-3-8-26-49)63-58(61)51-29-13-17-33-55(51)67(63)50-27-9-4-10-28-50/h2-34,36,39-40H,1,35,37-38H2/b22-19-,42-36+. The second kappa shape index (κ2) is 14.8. The molecule has 3 aliphatic rings. The van der Waals surface area contributed by atoms with Gasteiger partial charge < -0.3 is 14.0 Å². The van der Waals surface area contributed by atoms with Crippen molar-refractivity contribution < 1.29 is 0 Å². The van der Waals surface area contributed by atoms with Crippen LogP contribution in [0.15, 0.2) is 225 Å². The van der Waals surface area contributed by atoms with Crippen molar-refractivity contribution in [1.82, 2.24) is 9.13 Å². The van der Waals surface area contributed by atoms with Crippen molar-refractivity contribution in [2.45, 2.75) is 12.8 Å². The van der Waals surface area contributed by atoms with Gasteiger partial charge in [-0.25, -0.2) is 0 Å². The fraction of sp³-hybridized carbons (Fsp3) is 0.0476. The minimum absolute atomic E-state index is 0.244. The van der Waals surface area contributed by atoms with E-state index in [1.54, 1.807) is 0 Å². The number of nitrogens with zero attached hydrogens (tertiary/aromatic N) is 3. The summed E-state index contributed by atoms with van der Waals surface area (Å²) in [5.74, 6) is 0. The molecule has 314 valence electrons. The fourth-order valence-electron chi connectivity index (χ4n) is 12.1. The molecule has 3 nitrogen and oxygen atoms in total. The number of hydrogen-bond acceptors (Lipinski definition) is 1. The van der Waals surface area contributed by atoms with Gasteiger partial charge in [0.1, 0.15) is 0 Å². The van der Waals surface area contributed by atoms with Gasteiger partial charge in [0, 0.05) is 50.7 Å². The van der Waals surface area contributed by atoms with Crippen molar-refractivity contribution in [1.29, 1.82) is 0 Å². The molecule has 0 saturated carbocycles. The van der Waals surface area contributed by atoms with E-state index in [1.807, 2.05) is 0 Å². The van der Waals surface area contributed by atoms with E-state index >= 15 is 0 Å². The van der Waals surface area contributed by atoms with E-state index in [2.05, 4.69) is 232 Å². The Morgan fingerprint density at radius 2 is 0.955 bits per heavy atom. The minimum Gasteiger partial charge on any atom is -0.336 e. The minimum atomic E-state index is 0.244. The molecule has 0 bridgehead atoms. The molecule has 0 radical (unpaired) electrons. The first-order valence-corrected chi connectivity index (χ1v) is 23.5. The molecule has 0 spiro atoms. The predicted octanol–water partition coefficient (Wildman–Crippen LogP) is 13.0. The Labute approximate surface area is 390 Å². The van der Waals surface area contributed by atoms with Gasteiger partial charge in [0.15, 0.2) is 0 Å². The monoisotopic (exact) mass is 853 g/mol. The summed E-state index contributed by atoms with van der Waals surface area (Å²) in [6, 6.07) is 73.9. The Hall–Kier alpha value is -8.34. The van der Waals surface area contributed by atoms with Crippen molar-refractivity contribution >= 4 is 89.2 Å². The van der Waals surface area contributed by atoms with Crippen LogP contribution in [0.25, 0.3) is 66.1 Å². The lowest BCUT2D eigenvalue weighted by Gasteiger charge is -2.34. The lowest BCUT2D eigenvalue weighted by Crippen LogP contribution is -2.61. The maximum atomic E-state index is 5.17. The summed E-state index contributed by atoms with van der Waals surface area (Å²) in [7, 11) is 0. The van der Waals surface area contributed by atoms with E-state index in [9.17, 15) is 0 Å². The van der Waals surface area contributed by atoms with Crippen LogP contribution < -0.4 is 21.3 Å². The van der Waals surface area contributed by atoms with E-state index in [0.717, 1.165) is 57.8 Å². The third kappa shape index (κ3) is 5.66. The van der Waals surface area contributed by atoms with Crippen molar-refractivity contribution in [3.63, 3.8) is 0 Å². The Kier molecular flexibility index (Phi) is 8.42. The molecule has 2 aromatic heterocycles. The van der Waals surface area contributed by atoms with E-state index in [-0.39, 0.29) is 6.71 Å². The molecule has 11 aromatic rings. The fourth-order valence-corrected chi connectivity index (χ4v) is 12.1. The van der Waals surface area contributed by atoms with Crippen molar-refractivity contribution in [3.8, 4) is 11.4 Å². The lowest BCUT2D eigenvalue weighted by atomic mass is 9.30. The van der Waals surface area contributed by atoms with Crippen LogP contribution in [0.5, 0.6) is 0 Å². The van der Waals surface area contributed by atoms with Gasteiger partial charge in [0.2, 0.25) is 6.71 Å². The molecular formula is C63H44BN3. The van der Waals surface area contributed by atoms with Crippen molar-refractivity contribution in [2.24, 2.45) is 0 Å². The van der Waals surface area contributed by atoms with Gasteiger partial charge in [-0.1, -0.05) is 187 Å². The summed E-state index contributed by atoms with van der Waals surface area (Å²) in [5, 5.41) is 4.85. The number of aromatic nitrogens is 2. The molecule has 0 aliphatic carbocycles. The largest absolute Gasteiger partial charge is 0.336 e. The Bertz CT molecular complexity index is 3840. The highest BCUT2D eigenvalue weighted by Gasteiger charge is 2.37. The van der Waals surface area contributed by atoms with E-state index in [0.29, 0.717) is 6.54 Å². The molecular weight excluding hydrogens is 810 g/mol. The van der Waals surface area contributed by atoms with Crippen molar-refractivity contribution in [3.05, 3.63) is 258 Å².